The maximum Gasteiger partial charge on any atom is 0.338 e. The number of halogens is 1. The first-order valence-corrected chi connectivity index (χ1v) is 18.7. The van der Waals surface area contributed by atoms with Gasteiger partial charge in [0.15, 0.2) is 0 Å². The average molecular weight is 855 g/mol. The van der Waals surface area contributed by atoms with Crippen molar-refractivity contribution in [2.45, 2.75) is 46.3 Å². The summed E-state index contributed by atoms with van der Waals surface area (Å²) >= 11 is 5.55. The van der Waals surface area contributed by atoms with Crippen LogP contribution in [0.2, 0.25) is 5.15 Å². The zero-order valence-corrected chi connectivity index (χ0v) is 34.3. The number of hydrogen-bond donors (Lipinski definition) is 1. The second-order valence-corrected chi connectivity index (χ2v) is 13.4. The molecular weight excluding hydrogens is 804 g/mol. The molecule has 60 heavy (non-hydrogen) atoms. The SMILES string of the molecule is C.COC[C@H](C)Oc1cc(O)cc(C(=O)OC)c1.COC[C@H](C)Oc1cc(Oc2cnc(C(=O)N3CCC3)cn2)cc(C(=O)OC)c1.O=C(c1cnc(Cl)cn1)N1CCC1. The van der Waals surface area contributed by atoms with Crippen molar-refractivity contribution in [1.29, 1.82) is 0 Å². The predicted octanol–water partition coefficient (Wildman–Crippen LogP) is 5.52. The van der Waals surface area contributed by atoms with Gasteiger partial charge in [0.25, 0.3) is 11.8 Å². The summed E-state index contributed by atoms with van der Waals surface area (Å²) in [5, 5.41) is 9.77. The fraction of sp³-hybridized carbons (Fsp3) is 0.415. The minimum absolute atomic E-state index is 0. The van der Waals surface area contributed by atoms with Crippen LogP contribution in [0, 0.1) is 0 Å². The molecule has 1 N–H and O–H groups in total. The third kappa shape index (κ3) is 14.6. The van der Waals surface area contributed by atoms with E-state index in [9.17, 15) is 24.3 Å². The van der Waals surface area contributed by atoms with Crippen molar-refractivity contribution < 1.29 is 57.4 Å². The Labute approximate surface area is 353 Å². The lowest BCUT2D eigenvalue weighted by Crippen LogP contribution is -2.42. The van der Waals surface area contributed by atoms with E-state index in [-0.39, 0.29) is 59.9 Å². The number of amides is 2. The van der Waals surface area contributed by atoms with Gasteiger partial charge in [-0.2, -0.15) is 0 Å². The lowest BCUT2D eigenvalue weighted by molar-refractivity contribution is 0.0590. The molecule has 4 aromatic rings. The molecule has 2 aliphatic rings. The van der Waals surface area contributed by atoms with Gasteiger partial charge in [-0.05, 0) is 51.0 Å². The number of carbonyl (C=O) groups excluding carboxylic acids is 4. The Morgan fingerprint density at radius 2 is 1.12 bits per heavy atom. The number of carbonyl (C=O) groups is 4. The van der Waals surface area contributed by atoms with Crippen molar-refractivity contribution in [3.05, 3.63) is 88.9 Å². The van der Waals surface area contributed by atoms with E-state index in [1.165, 1.54) is 63.3 Å². The molecule has 0 aliphatic carbocycles. The number of aromatic hydroxyl groups is 1. The first-order valence-electron chi connectivity index (χ1n) is 18.4. The predicted molar refractivity (Wildman–Crippen MR) is 218 cm³/mol. The van der Waals surface area contributed by atoms with Gasteiger partial charge in [-0.1, -0.05) is 19.0 Å². The van der Waals surface area contributed by atoms with Crippen LogP contribution in [-0.2, 0) is 18.9 Å². The van der Waals surface area contributed by atoms with E-state index in [1.807, 2.05) is 13.8 Å². The monoisotopic (exact) mass is 854 g/mol. The van der Waals surface area contributed by atoms with E-state index in [2.05, 4.69) is 24.7 Å². The van der Waals surface area contributed by atoms with Gasteiger partial charge in [0.1, 0.15) is 51.7 Å². The van der Waals surface area contributed by atoms with Crippen LogP contribution < -0.4 is 14.2 Å². The number of likely N-dealkylation sites (tertiary alicyclic amines) is 2. The number of methoxy groups -OCH3 is 4. The molecule has 2 fully saturated rings. The van der Waals surface area contributed by atoms with Gasteiger partial charge in [-0.15, -0.1) is 0 Å². The number of aromatic nitrogens is 4. The summed E-state index contributed by atoms with van der Waals surface area (Å²) in [7, 11) is 5.72. The van der Waals surface area contributed by atoms with Crippen LogP contribution in [0.1, 0.15) is 75.8 Å². The van der Waals surface area contributed by atoms with E-state index in [0.717, 1.165) is 39.0 Å². The topological polar surface area (TPSA) is 211 Å². The van der Waals surface area contributed by atoms with Crippen molar-refractivity contribution in [3.63, 3.8) is 0 Å². The number of phenolic OH excluding ortho intramolecular Hbond substituents is 1. The molecule has 2 aromatic heterocycles. The Bertz CT molecular complexity index is 2010. The molecule has 2 aliphatic heterocycles. The Balaban J connectivity index is 0.000000262. The van der Waals surface area contributed by atoms with Crippen LogP contribution in [-0.4, -0.2) is 139 Å². The highest BCUT2D eigenvalue weighted by atomic mass is 35.5. The van der Waals surface area contributed by atoms with E-state index >= 15 is 0 Å². The van der Waals surface area contributed by atoms with E-state index in [0.29, 0.717) is 41.3 Å². The maximum absolute atomic E-state index is 12.2. The van der Waals surface area contributed by atoms with E-state index in [1.54, 1.807) is 36.2 Å². The number of hydrogen-bond acceptors (Lipinski definition) is 16. The number of rotatable bonds is 14. The summed E-state index contributed by atoms with van der Waals surface area (Å²) in [4.78, 5) is 66.4. The van der Waals surface area contributed by atoms with Gasteiger partial charge in [-0.25, -0.2) is 29.5 Å². The minimum Gasteiger partial charge on any atom is -0.508 e. The molecule has 2 atom stereocenters. The summed E-state index contributed by atoms with van der Waals surface area (Å²) in [6.07, 6.45) is 7.21. The molecule has 0 spiro atoms. The second-order valence-electron chi connectivity index (χ2n) is 13.0. The molecule has 4 heterocycles. The zero-order chi connectivity index (χ0) is 42.9. The first-order chi connectivity index (χ1) is 28.3. The summed E-state index contributed by atoms with van der Waals surface area (Å²) < 4.78 is 36.3. The molecular formula is C41H51ClN6O12. The largest absolute Gasteiger partial charge is 0.508 e. The van der Waals surface area contributed by atoms with Gasteiger partial charge < -0.3 is 48.1 Å². The number of nitrogens with zero attached hydrogens (tertiary/aromatic N) is 6. The van der Waals surface area contributed by atoms with Crippen LogP contribution in [0.4, 0.5) is 0 Å². The van der Waals surface area contributed by atoms with Gasteiger partial charge in [0.2, 0.25) is 5.88 Å². The van der Waals surface area contributed by atoms with Crippen molar-refractivity contribution in [1.82, 2.24) is 29.7 Å². The van der Waals surface area contributed by atoms with Crippen LogP contribution in [0.3, 0.4) is 0 Å². The highest BCUT2D eigenvalue weighted by molar-refractivity contribution is 6.29. The van der Waals surface area contributed by atoms with E-state index in [4.69, 9.17) is 40.0 Å². The lowest BCUT2D eigenvalue weighted by Gasteiger charge is -2.30. The Kier molecular flexibility index (Phi) is 19.4. The molecule has 0 bridgehead atoms. The highest BCUT2D eigenvalue weighted by Crippen LogP contribution is 2.28. The van der Waals surface area contributed by atoms with Crippen molar-refractivity contribution >= 4 is 35.4 Å². The molecule has 2 saturated heterocycles. The van der Waals surface area contributed by atoms with Crippen molar-refractivity contribution in [2.75, 3.05) is 67.8 Å². The fourth-order valence-electron chi connectivity index (χ4n) is 5.21. The number of benzene rings is 2. The van der Waals surface area contributed by atoms with Gasteiger partial charge in [0, 0.05) is 52.5 Å². The summed E-state index contributed by atoms with van der Waals surface area (Å²) in [5.41, 5.74) is 1.14. The Morgan fingerprint density at radius 3 is 1.53 bits per heavy atom. The standard InChI is InChI=1S/C20H23N3O6.C12H16O5.C8H8ClN3O.CH4/c1-13(12-26-2)28-15-7-14(20(25)27-3)8-16(9-15)29-18-11-21-17(10-22-18)19(24)23-5-4-6-23;1-8(7-15-2)17-11-5-9(12(14)16-3)4-10(13)6-11;9-7-5-10-6(4-11-7)8(13)12-2-1-3-12;/h7-11,13H,4-6,12H2,1-3H3;4-6,8,13H,7H2,1-3H3;4-5H,1-3H2;1H4/t13-;8-;;/m00../s1. The quantitative estimate of drug-likeness (QED) is 0.155. The third-order valence-corrected chi connectivity index (χ3v) is 8.48. The second kappa shape index (κ2) is 24.1. The van der Waals surface area contributed by atoms with Crippen LogP contribution in [0.5, 0.6) is 28.9 Å². The van der Waals surface area contributed by atoms with Gasteiger partial charge >= 0.3 is 11.9 Å². The molecule has 18 nitrogen and oxygen atoms in total. The third-order valence-electron chi connectivity index (χ3n) is 8.29. The highest BCUT2D eigenvalue weighted by Gasteiger charge is 2.24. The molecule has 0 saturated carbocycles. The molecule has 2 amide bonds. The smallest absolute Gasteiger partial charge is 0.338 e. The zero-order valence-electron chi connectivity index (χ0n) is 33.6. The molecule has 0 unspecified atom stereocenters. The summed E-state index contributed by atoms with van der Waals surface area (Å²) in [6, 6.07) is 8.96. The van der Waals surface area contributed by atoms with Crippen LogP contribution in [0.25, 0.3) is 0 Å². The average Bonchev–Trinajstić information content (AvgIpc) is 3.16. The van der Waals surface area contributed by atoms with Gasteiger partial charge in [0.05, 0.1) is 63.3 Å². The van der Waals surface area contributed by atoms with Crippen LogP contribution in [0.15, 0.2) is 61.2 Å². The summed E-state index contributed by atoms with van der Waals surface area (Å²) in [5.74, 6) is 0.0202. The lowest BCUT2D eigenvalue weighted by atomic mass is 10.2. The maximum atomic E-state index is 12.2. The Hall–Kier alpha value is -6.11. The first kappa shape index (κ1) is 48.3. The van der Waals surface area contributed by atoms with Crippen LogP contribution >= 0.6 is 11.6 Å². The van der Waals surface area contributed by atoms with Crippen molar-refractivity contribution in [3.8, 4) is 28.9 Å². The molecule has 19 heteroatoms. The van der Waals surface area contributed by atoms with Gasteiger partial charge in [-0.3, -0.25) is 9.59 Å². The number of phenols is 1. The van der Waals surface area contributed by atoms with Crippen molar-refractivity contribution in [2.24, 2.45) is 0 Å². The molecule has 0 radical (unpaired) electrons. The normalized spacial score (nSPS) is 13.4. The molecule has 324 valence electrons. The van der Waals surface area contributed by atoms with E-state index < -0.39 is 11.9 Å². The number of ether oxygens (including phenoxy) is 7. The minimum atomic E-state index is -0.527. The number of esters is 2. The molecule has 6 rings (SSSR count). The molecule has 2 aromatic carbocycles. The summed E-state index contributed by atoms with van der Waals surface area (Å²) in [6.45, 7) is 7.60. The Morgan fingerprint density at radius 1 is 0.650 bits per heavy atom. The fourth-order valence-corrected chi connectivity index (χ4v) is 5.31.